The zero-order valence-corrected chi connectivity index (χ0v) is 20.0. The molecule has 8 heteroatoms. The van der Waals surface area contributed by atoms with E-state index in [0.717, 1.165) is 11.1 Å². The van der Waals surface area contributed by atoms with E-state index in [1.54, 1.807) is 24.3 Å². The van der Waals surface area contributed by atoms with Crippen LogP contribution in [0.5, 0.6) is 5.75 Å². The molecule has 2 atom stereocenters. The van der Waals surface area contributed by atoms with Gasteiger partial charge >= 0.3 is 10.1 Å². The molecule has 0 bridgehead atoms. The van der Waals surface area contributed by atoms with E-state index < -0.39 is 16.2 Å². The van der Waals surface area contributed by atoms with Crippen molar-refractivity contribution in [1.29, 1.82) is 0 Å². The Morgan fingerprint density at radius 1 is 0.970 bits per heavy atom. The summed E-state index contributed by atoms with van der Waals surface area (Å²) in [7, 11) is -3.97. The first-order valence-electron chi connectivity index (χ1n) is 10.4. The largest absolute Gasteiger partial charge is 0.387 e. The number of hydrogen-bond acceptors (Lipinski definition) is 5. The zero-order valence-electron chi connectivity index (χ0n) is 18.4. The molecule has 0 aliphatic heterocycles. The highest BCUT2D eigenvalue weighted by molar-refractivity contribution is 7.87. The standard InChI is InChI=1S/C25H26ClNO5S/c1-18-8-14-23(15-9-18)33(30,31)32-22-12-10-21(11-13-22)24(28)17-27(25(29)16-26)19(2)20-6-4-3-5-7-20/h3-15,19,24,28H,16-17H2,1-2H3/t19-,24+/m1/s1. The summed E-state index contributed by atoms with van der Waals surface area (Å²) in [6.07, 6.45) is -0.994. The van der Waals surface area contributed by atoms with Gasteiger partial charge in [0.15, 0.2) is 0 Å². The lowest BCUT2D eigenvalue weighted by molar-refractivity contribution is -0.132. The van der Waals surface area contributed by atoms with Crippen LogP contribution in [-0.2, 0) is 14.9 Å². The van der Waals surface area contributed by atoms with Crippen molar-refractivity contribution in [2.75, 3.05) is 12.4 Å². The fraction of sp³-hybridized carbons (Fsp3) is 0.240. The van der Waals surface area contributed by atoms with E-state index in [9.17, 15) is 18.3 Å². The quantitative estimate of drug-likeness (QED) is 0.351. The molecule has 0 heterocycles. The summed E-state index contributed by atoms with van der Waals surface area (Å²) in [5.41, 5.74) is 2.38. The van der Waals surface area contributed by atoms with Gasteiger partial charge in [0.1, 0.15) is 16.5 Å². The van der Waals surface area contributed by atoms with Crippen molar-refractivity contribution >= 4 is 27.6 Å². The van der Waals surface area contributed by atoms with Gasteiger partial charge in [-0.1, -0.05) is 60.2 Å². The van der Waals surface area contributed by atoms with Crippen LogP contribution in [-0.4, -0.2) is 36.8 Å². The SMILES string of the molecule is Cc1ccc(S(=O)(=O)Oc2ccc([C@@H](O)CN(C(=O)CCl)[C@H](C)c3ccccc3)cc2)cc1. The lowest BCUT2D eigenvalue weighted by Crippen LogP contribution is -2.37. The van der Waals surface area contributed by atoms with Gasteiger partial charge in [-0.25, -0.2) is 0 Å². The molecule has 0 radical (unpaired) electrons. The second kappa shape index (κ2) is 10.8. The molecule has 0 aliphatic carbocycles. The molecule has 0 saturated heterocycles. The van der Waals surface area contributed by atoms with Crippen LogP contribution >= 0.6 is 11.6 Å². The van der Waals surface area contributed by atoms with E-state index >= 15 is 0 Å². The molecular formula is C25H26ClNO5S. The van der Waals surface area contributed by atoms with Gasteiger partial charge in [-0.3, -0.25) is 4.79 Å². The van der Waals surface area contributed by atoms with Crippen LogP contribution in [0.2, 0.25) is 0 Å². The van der Waals surface area contributed by atoms with Crippen molar-refractivity contribution in [2.45, 2.75) is 30.9 Å². The smallest absolute Gasteiger partial charge is 0.339 e. The molecule has 6 nitrogen and oxygen atoms in total. The molecule has 174 valence electrons. The maximum atomic E-state index is 12.5. The van der Waals surface area contributed by atoms with Crippen molar-refractivity contribution in [3.05, 3.63) is 95.6 Å². The van der Waals surface area contributed by atoms with E-state index in [1.807, 2.05) is 44.2 Å². The van der Waals surface area contributed by atoms with Crippen LogP contribution in [0.4, 0.5) is 0 Å². The maximum Gasteiger partial charge on any atom is 0.339 e. The van der Waals surface area contributed by atoms with Gasteiger partial charge in [-0.15, -0.1) is 11.6 Å². The monoisotopic (exact) mass is 487 g/mol. The second-order valence-corrected chi connectivity index (χ2v) is 9.52. The Bertz CT molecular complexity index is 1170. The average Bonchev–Trinajstić information content (AvgIpc) is 2.82. The fourth-order valence-corrected chi connectivity index (χ4v) is 4.46. The lowest BCUT2D eigenvalue weighted by Gasteiger charge is -2.31. The van der Waals surface area contributed by atoms with Crippen LogP contribution in [0.25, 0.3) is 0 Å². The number of halogens is 1. The van der Waals surface area contributed by atoms with Crippen LogP contribution < -0.4 is 4.18 Å². The first-order valence-corrected chi connectivity index (χ1v) is 12.3. The minimum absolute atomic E-state index is 0.0312. The van der Waals surface area contributed by atoms with Crippen molar-refractivity contribution in [2.24, 2.45) is 0 Å². The van der Waals surface area contributed by atoms with Gasteiger partial charge < -0.3 is 14.2 Å². The summed E-state index contributed by atoms with van der Waals surface area (Å²) in [6.45, 7) is 3.77. The number of rotatable bonds is 9. The van der Waals surface area contributed by atoms with E-state index in [2.05, 4.69) is 0 Å². The van der Waals surface area contributed by atoms with Gasteiger partial charge in [0.2, 0.25) is 5.91 Å². The molecule has 0 unspecified atom stereocenters. The minimum atomic E-state index is -3.97. The van der Waals surface area contributed by atoms with E-state index in [-0.39, 0.29) is 35.0 Å². The third-order valence-electron chi connectivity index (χ3n) is 5.33. The van der Waals surface area contributed by atoms with Gasteiger partial charge in [0, 0.05) is 0 Å². The average molecular weight is 488 g/mol. The molecule has 1 N–H and O–H groups in total. The summed E-state index contributed by atoms with van der Waals surface area (Å²) in [6, 6.07) is 21.6. The topological polar surface area (TPSA) is 83.9 Å². The minimum Gasteiger partial charge on any atom is -0.387 e. The number of aliphatic hydroxyl groups excluding tert-OH is 1. The predicted octanol–water partition coefficient (Wildman–Crippen LogP) is 4.62. The summed E-state index contributed by atoms with van der Waals surface area (Å²) in [5.74, 6) is -0.373. The Morgan fingerprint density at radius 2 is 1.58 bits per heavy atom. The highest BCUT2D eigenvalue weighted by Gasteiger charge is 2.24. The van der Waals surface area contributed by atoms with Crippen LogP contribution in [0.3, 0.4) is 0 Å². The molecule has 3 aromatic rings. The molecule has 3 aromatic carbocycles. The molecule has 0 spiro atoms. The normalized spacial score (nSPS) is 13.2. The first-order chi connectivity index (χ1) is 15.7. The molecule has 33 heavy (non-hydrogen) atoms. The number of benzene rings is 3. The summed E-state index contributed by atoms with van der Waals surface area (Å²) in [5, 5.41) is 10.8. The number of aliphatic hydroxyl groups is 1. The number of aryl methyl sites for hydroxylation is 1. The van der Waals surface area contributed by atoms with Crippen molar-refractivity contribution in [3.63, 3.8) is 0 Å². The third kappa shape index (κ3) is 6.35. The molecule has 0 saturated carbocycles. The van der Waals surface area contributed by atoms with Crippen molar-refractivity contribution in [3.8, 4) is 5.75 Å². The Balaban J connectivity index is 1.72. The van der Waals surface area contributed by atoms with Gasteiger partial charge in [0.05, 0.1) is 18.7 Å². The number of alkyl halides is 1. The van der Waals surface area contributed by atoms with Gasteiger partial charge in [-0.2, -0.15) is 8.42 Å². The highest BCUT2D eigenvalue weighted by Crippen LogP contribution is 2.26. The van der Waals surface area contributed by atoms with Gasteiger partial charge in [0.25, 0.3) is 0 Å². The second-order valence-electron chi connectivity index (χ2n) is 7.70. The molecule has 0 aliphatic rings. The van der Waals surface area contributed by atoms with Crippen LogP contribution in [0.1, 0.15) is 35.8 Å². The third-order valence-corrected chi connectivity index (χ3v) is 6.82. The molecule has 0 fully saturated rings. The van der Waals surface area contributed by atoms with Gasteiger partial charge in [-0.05, 0) is 49.2 Å². The Morgan fingerprint density at radius 3 is 2.15 bits per heavy atom. The number of nitrogens with zero attached hydrogens (tertiary/aromatic N) is 1. The maximum absolute atomic E-state index is 12.5. The van der Waals surface area contributed by atoms with Crippen LogP contribution in [0, 0.1) is 6.92 Å². The Hall–Kier alpha value is -2.87. The molecular weight excluding hydrogens is 462 g/mol. The number of amides is 1. The number of carbonyl (C=O) groups excluding carboxylic acids is 1. The van der Waals surface area contributed by atoms with E-state index in [0.29, 0.717) is 5.56 Å². The predicted molar refractivity (Wildman–Crippen MR) is 128 cm³/mol. The first kappa shape index (κ1) is 24.8. The molecule has 3 rings (SSSR count). The lowest BCUT2D eigenvalue weighted by atomic mass is 10.0. The summed E-state index contributed by atoms with van der Waals surface area (Å²) in [4.78, 5) is 14.0. The highest BCUT2D eigenvalue weighted by atomic mass is 35.5. The van der Waals surface area contributed by atoms with E-state index in [1.165, 1.54) is 29.2 Å². The Kier molecular flexibility index (Phi) is 8.13. The molecule has 1 amide bonds. The van der Waals surface area contributed by atoms with E-state index in [4.69, 9.17) is 15.8 Å². The van der Waals surface area contributed by atoms with Crippen molar-refractivity contribution in [1.82, 2.24) is 4.90 Å². The summed E-state index contributed by atoms with van der Waals surface area (Å²) >= 11 is 5.80. The molecule has 0 aromatic heterocycles. The number of hydrogen-bond donors (Lipinski definition) is 1. The van der Waals surface area contributed by atoms with Crippen molar-refractivity contribution < 1.29 is 22.5 Å². The summed E-state index contributed by atoms with van der Waals surface area (Å²) < 4.78 is 30.1. The van der Waals surface area contributed by atoms with Crippen LogP contribution in [0.15, 0.2) is 83.8 Å². The fourth-order valence-electron chi connectivity index (χ4n) is 3.38. The Labute approximate surface area is 199 Å². The zero-order chi connectivity index (χ0) is 24.0. The number of carbonyl (C=O) groups is 1.